The zero-order valence-corrected chi connectivity index (χ0v) is 12.1. The Kier molecular flexibility index (Phi) is 4.25. The van der Waals surface area contributed by atoms with Gasteiger partial charge in [0.1, 0.15) is 11.5 Å². The standard InChI is InChI=1S/C16H20N2O2/c1-11-8-15(12(2)20-11)16(19)18(3)10-14-6-4-13(9-17)5-7-14/h4-8H,9-10,17H2,1-3H3. The molecule has 1 aromatic carbocycles. The molecule has 0 atom stereocenters. The average molecular weight is 272 g/mol. The first-order chi connectivity index (χ1) is 9.51. The maximum atomic E-state index is 12.4. The summed E-state index contributed by atoms with van der Waals surface area (Å²) in [6, 6.07) is 9.76. The fourth-order valence-electron chi connectivity index (χ4n) is 2.18. The molecule has 1 aromatic heterocycles. The van der Waals surface area contributed by atoms with E-state index in [2.05, 4.69) is 0 Å². The molecule has 0 aliphatic heterocycles. The van der Waals surface area contributed by atoms with Crippen LogP contribution in [0.1, 0.15) is 33.0 Å². The van der Waals surface area contributed by atoms with Crippen molar-refractivity contribution in [3.8, 4) is 0 Å². The molecule has 106 valence electrons. The van der Waals surface area contributed by atoms with E-state index in [-0.39, 0.29) is 5.91 Å². The highest BCUT2D eigenvalue weighted by atomic mass is 16.3. The van der Waals surface area contributed by atoms with Crippen LogP contribution in [-0.4, -0.2) is 17.9 Å². The second-order valence-corrected chi connectivity index (χ2v) is 5.01. The van der Waals surface area contributed by atoms with Crippen LogP contribution < -0.4 is 5.73 Å². The van der Waals surface area contributed by atoms with E-state index < -0.39 is 0 Å². The normalized spacial score (nSPS) is 10.6. The number of nitrogens with zero attached hydrogens (tertiary/aromatic N) is 1. The Morgan fingerprint density at radius 2 is 1.80 bits per heavy atom. The van der Waals surface area contributed by atoms with Crippen LogP contribution in [0, 0.1) is 13.8 Å². The van der Waals surface area contributed by atoms with E-state index in [4.69, 9.17) is 10.2 Å². The van der Waals surface area contributed by atoms with E-state index in [1.165, 1.54) is 0 Å². The molecule has 0 unspecified atom stereocenters. The first kappa shape index (κ1) is 14.3. The third kappa shape index (κ3) is 3.08. The summed E-state index contributed by atoms with van der Waals surface area (Å²) in [7, 11) is 1.79. The number of hydrogen-bond donors (Lipinski definition) is 1. The van der Waals surface area contributed by atoms with Crippen molar-refractivity contribution in [1.82, 2.24) is 4.90 Å². The van der Waals surface area contributed by atoms with Crippen LogP contribution in [0.2, 0.25) is 0 Å². The zero-order valence-electron chi connectivity index (χ0n) is 12.1. The molecule has 1 heterocycles. The molecule has 0 saturated heterocycles. The van der Waals surface area contributed by atoms with Crippen molar-refractivity contribution in [2.24, 2.45) is 5.73 Å². The molecular formula is C16H20N2O2. The van der Waals surface area contributed by atoms with Gasteiger partial charge >= 0.3 is 0 Å². The third-order valence-electron chi connectivity index (χ3n) is 3.30. The number of carbonyl (C=O) groups excluding carboxylic acids is 1. The van der Waals surface area contributed by atoms with Gasteiger partial charge in [-0.15, -0.1) is 0 Å². The molecule has 2 rings (SSSR count). The Balaban J connectivity index is 2.09. The fraction of sp³-hybridized carbons (Fsp3) is 0.312. The predicted molar refractivity (Wildman–Crippen MR) is 78.3 cm³/mol. The molecule has 0 bridgehead atoms. The number of amides is 1. The number of rotatable bonds is 4. The molecule has 0 aliphatic rings. The van der Waals surface area contributed by atoms with Gasteiger partial charge in [-0.05, 0) is 31.0 Å². The minimum atomic E-state index is -0.0257. The maximum absolute atomic E-state index is 12.4. The van der Waals surface area contributed by atoms with Crippen LogP contribution in [0.3, 0.4) is 0 Å². The Labute approximate surface area is 119 Å². The van der Waals surface area contributed by atoms with E-state index in [1.807, 2.05) is 38.1 Å². The minimum Gasteiger partial charge on any atom is -0.466 e. The molecule has 0 fully saturated rings. The number of aryl methyl sites for hydroxylation is 2. The van der Waals surface area contributed by atoms with Gasteiger partial charge in [0.25, 0.3) is 5.91 Å². The number of hydrogen-bond acceptors (Lipinski definition) is 3. The van der Waals surface area contributed by atoms with Gasteiger partial charge in [-0.2, -0.15) is 0 Å². The van der Waals surface area contributed by atoms with Crippen LogP contribution in [0.25, 0.3) is 0 Å². The Morgan fingerprint density at radius 1 is 1.20 bits per heavy atom. The van der Waals surface area contributed by atoms with Crippen molar-refractivity contribution in [2.45, 2.75) is 26.9 Å². The van der Waals surface area contributed by atoms with Gasteiger partial charge in [-0.3, -0.25) is 4.79 Å². The second-order valence-electron chi connectivity index (χ2n) is 5.01. The molecule has 4 nitrogen and oxygen atoms in total. The summed E-state index contributed by atoms with van der Waals surface area (Å²) in [5.74, 6) is 1.40. The van der Waals surface area contributed by atoms with E-state index in [9.17, 15) is 4.79 Å². The lowest BCUT2D eigenvalue weighted by Crippen LogP contribution is -2.26. The van der Waals surface area contributed by atoms with Crippen LogP contribution in [0.4, 0.5) is 0 Å². The van der Waals surface area contributed by atoms with Gasteiger partial charge in [0, 0.05) is 20.1 Å². The van der Waals surface area contributed by atoms with Crippen LogP contribution in [0.5, 0.6) is 0 Å². The number of furan rings is 1. The molecule has 0 radical (unpaired) electrons. The number of nitrogens with two attached hydrogens (primary N) is 1. The lowest BCUT2D eigenvalue weighted by atomic mass is 10.1. The molecule has 4 heteroatoms. The largest absolute Gasteiger partial charge is 0.466 e. The van der Waals surface area contributed by atoms with Crippen molar-refractivity contribution in [3.05, 3.63) is 58.5 Å². The molecule has 1 amide bonds. The van der Waals surface area contributed by atoms with E-state index in [1.54, 1.807) is 18.0 Å². The van der Waals surface area contributed by atoms with Crippen LogP contribution in [0.15, 0.2) is 34.7 Å². The summed E-state index contributed by atoms with van der Waals surface area (Å²) in [5, 5.41) is 0. The van der Waals surface area contributed by atoms with Crippen LogP contribution >= 0.6 is 0 Å². The average Bonchev–Trinajstić information content (AvgIpc) is 2.77. The summed E-state index contributed by atoms with van der Waals surface area (Å²) in [6.45, 7) is 4.75. The van der Waals surface area contributed by atoms with Crippen molar-refractivity contribution >= 4 is 5.91 Å². The van der Waals surface area contributed by atoms with Crippen molar-refractivity contribution in [3.63, 3.8) is 0 Å². The van der Waals surface area contributed by atoms with Gasteiger partial charge in [0.05, 0.1) is 5.56 Å². The predicted octanol–water partition coefficient (Wildman–Crippen LogP) is 2.63. The van der Waals surface area contributed by atoms with Gasteiger partial charge in [-0.1, -0.05) is 24.3 Å². The fourth-order valence-corrected chi connectivity index (χ4v) is 2.18. The molecule has 2 N–H and O–H groups in total. The second kappa shape index (κ2) is 5.92. The molecule has 0 saturated carbocycles. The van der Waals surface area contributed by atoms with Crippen molar-refractivity contribution in [1.29, 1.82) is 0 Å². The summed E-state index contributed by atoms with van der Waals surface area (Å²) in [4.78, 5) is 14.0. The highest BCUT2D eigenvalue weighted by Gasteiger charge is 2.17. The van der Waals surface area contributed by atoms with Gasteiger partial charge in [0.2, 0.25) is 0 Å². The molecule has 2 aromatic rings. The van der Waals surface area contributed by atoms with Crippen molar-refractivity contribution < 1.29 is 9.21 Å². The number of carbonyl (C=O) groups is 1. The molecule has 0 aliphatic carbocycles. The lowest BCUT2D eigenvalue weighted by Gasteiger charge is -2.17. The lowest BCUT2D eigenvalue weighted by molar-refractivity contribution is 0.0783. The van der Waals surface area contributed by atoms with Gasteiger partial charge < -0.3 is 15.1 Å². The van der Waals surface area contributed by atoms with E-state index >= 15 is 0 Å². The van der Waals surface area contributed by atoms with E-state index in [0.29, 0.717) is 24.4 Å². The highest BCUT2D eigenvalue weighted by molar-refractivity contribution is 5.95. The monoisotopic (exact) mass is 272 g/mol. The molecule has 0 spiro atoms. The minimum absolute atomic E-state index is 0.0257. The first-order valence-corrected chi connectivity index (χ1v) is 6.61. The molecular weight excluding hydrogens is 252 g/mol. The SMILES string of the molecule is Cc1cc(C(=O)N(C)Cc2ccc(CN)cc2)c(C)o1. The Hall–Kier alpha value is -2.07. The first-order valence-electron chi connectivity index (χ1n) is 6.61. The molecule has 20 heavy (non-hydrogen) atoms. The van der Waals surface area contributed by atoms with Crippen molar-refractivity contribution in [2.75, 3.05) is 7.05 Å². The van der Waals surface area contributed by atoms with Crippen LogP contribution in [-0.2, 0) is 13.1 Å². The topological polar surface area (TPSA) is 59.5 Å². The summed E-state index contributed by atoms with van der Waals surface area (Å²) < 4.78 is 5.40. The highest BCUT2D eigenvalue weighted by Crippen LogP contribution is 2.16. The van der Waals surface area contributed by atoms with E-state index in [0.717, 1.165) is 16.9 Å². The maximum Gasteiger partial charge on any atom is 0.257 e. The quantitative estimate of drug-likeness (QED) is 0.930. The Bertz CT molecular complexity index is 599. The zero-order chi connectivity index (χ0) is 14.7. The number of benzene rings is 1. The Morgan fingerprint density at radius 3 is 2.30 bits per heavy atom. The summed E-state index contributed by atoms with van der Waals surface area (Å²) in [6.07, 6.45) is 0. The van der Waals surface area contributed by atoms with Gasteiger partial charge in [0.15, 0.2) is 0 Å². The van der Waals surface area contributed by atoms with Gasteiger partial charge in [-0.25, -0.2) is 0 Å². The summed E-state index contributed by atoms with van der Waals surface area (Å²) >= 11 is 0. The summed E-state index contributed by atoms with van der Waals surface area (Å²) in [5.41, 5.74) is 8.36. The smallest absolute Gasteiger partial charge is 0.257 e. The third-order valence-corrected chi connectivity index (χ3v) is 3.30.